The summed E-state index contributed by atoms with van der Waals surface area (Å²) in [7, 11) is 0. The van der Waals surface area contributed by atoms with Gasteiger partial charge in [0.25, 0.3) is 0 Å². The minimum absolute atomic E-state index is 0.0708. The highest BCUT2D eigenvalue weighted by atomic mass is 16.3. The number of aromatic hydroxyl groups is 1. The Morgan fingerprint density at radius 2 is 1.62 bits per heavy atom. The van der Waals surface area contributed by atoms with Gasteiger partial charge in [-0.2, -0.15) is 0 Å². The smallest absolute Gasteiger partial charge is 0.211 e. The van der Waals surface area contributed by atoms with Gasteiger partial charge in [-0.3, -0.25) is 0 Å². The van der Waals surface area contributed by atoms with Gasteiger partial charge in [0.05, 0.1) is 0 Å². The van der Waals surface area contributed by atoms with Gasteiger partial charge >= 0.3 is 0 Å². The molecule has 0 fully saturated rings. The van der Waals surface area contributed by atoms with Gasteiger partial charge in [0.1, 0.15) is 0 Å². The second kappa shape index (κ2) is 3.20. The van der Waals surface area contributed by atoms with Crippen LogP contribution in [0.15, 0.2) is 42.6 Å². The molecule has 16 heavy (non-hydrogen) atoms. The normalized spacial score (nSPS) is 11.1. The van der Waals surface area contributed by atoms with Crippen LogP contribution in [0.5, 0.6) is 5.88 Å². The quantitative estimate of drug-likeness (QED) is 0.575. The van der Waals surface area contributed by atoms with Crippen molar-refractivity contribution in [2.75, 3.05) is 0 Å². The van der Waals surface area contributed by atoms with Crippen molar-refractivity contribution in [1.82, 2.24) is 4.98 Å². The molecule has 0 saturated heterocycles. The number of fused-ring (bicyclic) bond motifs is 3. The lowest BCUT2D eigenvalue weighted by molar-refractivity contribution is 0.454. The Bertz CT molecular complexity index is 628. The van der Waals surface area contributed by atoms with Crippen molar-refractivity contribution in [3.05, 3.63) is 48.2 Å². The first kappa shape index (κ1) is 9.16. The molecule has 1 heterocycles. The highest BCUT2D eigenvalue weighted by molar-refractivity contribution is 6.07. The van der Waals surface area contributed by atoms with E-state index in [1.807, 2.05) is 6.07 Å². The summed E-state index contributed by atoms with van der Waals surface area (Å²) in [4.78, 5) is 3.89. The highest BCUT2D eigenvalue weighted by Crippen LogP contribution is 2.27. The first-order valence-corrected chi connectivity index (χ1v) is 5.22. The van der Waals surface area contributed by atoms with Crippen LogP contribution in [0.2, 0.25) is 0 Å². The Hall–Kier alpha value is -2.09. The predicted molar refractivity (Wildman–Crippen MR) is 65.7 cm³/mol. The van der Waals surface area contributed by atoms with Gasteiger partial charge in [0.2, 0.25) is 5.88 Å². The second-order valence-corrected chi connectivity index (χ2v) is 4.05. The van der Waals surface area contributed by atoms with Crippen molar-refractivity contribution in [3.63, 3.8) is 0 Å². The number of benzene rings is 2. The van der Waals surface area contributed by atoms with E-state index in [2.05, 4.69) is 36.2 Å². The molecular weight excluding hydrogens is 198 g/mol. The molecule has 0 bridgehead atoms. The van der Waals surface area contributed by atoms with E-state index >= 15 is 0 Å². The molecule has 1 N–H and O–H groups in total. The monoisotopic (exact) mass is 209 g/mol. The summed E-state index contributed by atoms with van der Waals surface area (Å²) in [5.74, 6) is 0.0708. The van der Waals surface area contributed by atoms with Crippen LogP contribution >= 0.6 is 0 Å². The van der Waals surface area contributed by atoms with E-state index in [0.29, 0.717) is 0 Å². The summed E-state index contributed by atoms with van der Waals surface area (Å²) in [5.41, 5.74) is 1.22. The van der Waals surface area contributed by atoms with Crippen molar-refractivity contribution in [3.8, 4) is 5.88 Å². The molecule has 3 rings (SSSR count). The van der Waals surface area contributed by atoms with Gasteiger partial charge < -0.3 is 5.11 Å². The molecule has 2 heteroatoms. The summed E-state index contributed by atoms with van der Waals surface area (Å²) in [6.45, 7) is 2.07. The lowest BCUT2D eigenvalue weighted by atomic mass is 10.0. The Morgan fingerprint density at radius 1 is 0.938 bits per heavy atom. The van der Waals surface area contributed by atoms with Crippen LogP contribution in [-0.2, 0) is 0 Å². The molecule has 0 aliphatic rings. The van der Waals surface area contributed by atoms with Gasteiger partial charge in [-0.1, -0.05) is 35.9 Å². The maximum absolute atomic E-state index is 9.45. The lowest BCUT2D eigenvalue weighted by Gasteiger charge is -2.04. The predicted octanol–water partition coefficient (Wildman–Crippen LogP) is 3.40. The Kier molecular flexibility index (Phi) is 1.83. The van der Waals surface area contributed by atoms with Crippen LogP contribution < -0.4 is 0 Å². The number of aryl methyl sites for hydroxylation is 1. The zero-order chi connectivity index (χ0) is 11.1. The van der Waals surface area contributed by atoms with E-state index in [1.54, 1.807) is 12.3 Å². The van der Waals surface area contributed by atoms with E-state index in [0.717, 1.165) is 16.2 Å². The molecule has 0 aliphatic carbocycles. The molecule has 0 unspecified atom stereocenters. The average molecular weight is 209 g/mol. The van der Waals surface area contributed by atoms with Gasteiger partial charge in [0.15, 0.2) is 0 Å². The zero-order valence-corrected chi connectivity index (χ0v) is 8.94. The molecule has 0 spiro atoms. The van der Waals surface area contributed by atoms with Crippen molar-refractivity contribution >= 4 is 21.5 Å². The van der Waals surface area contributed by atoms with E-state index < -0.39 is 0 Å². The fourth-order valence-electron chi connectivity index (χ4n) is 2.05. The zero-order valence-electron chi connectivity index (χ0n) is 8.94. The molecule has 0 atom stereocenters. The Labute approximate surface area is 93.2 Å². The molecule has 3 aromatic rings. The summed E-state index contributed by atoms with van der Waals surface area (Å²) >= 11 is 0. The fourth-order valence-corrected chi connectivity index (χ4v) is 2.05. The summed E-state index contributed by atoms with van der Waals surface area (Å²) in [5, 5.41) is 13.9. The minimum atomic E-state index is 0.0708. The van der Waals surface area contributed by atoms with Gasteiger partial charge in [-0.15, -0.1) is 0 Å². The van der Waals surface area contributed by atoms with Crippen LogP contribution in [0.25, 0.3) is 21.5 Å². The van der Waals surface area contributed by atoms with Crippen molar-refractivity contribution in [2.24, 2.45) is 0 Å². The summed E-state index contributed by atoms with van der Waals surface area (Å²) in [6.07, 6.45) is 1.70. The SMILES string of the molecule is Cc1ccc2ccc3cnc(O)cc3c2c1. The van der Waals surface area contributed by atoms with E-state index in [4.69, 9.17) is 0 Å². The number of pyridine rings is 1. The largest absolute Gasteiger partial charge is 0.493 e. The first-order chi connectivity index (χ1) is 7.74. The number of hydrogen-bond acceptors (Lipinski definition) is 2. The van der Waals surface area contributed by atoms with Crippen LogP contribution in [0.1, 0.15) is 5.56 Å². The lowest BCUT2D eigenvalue weighted by Crippen LogP contribution is -1.81. The van der Waals surface area contributed by atoms with Crippen molar-refractivity contribution in [2.45, 2.75) is 6.92 Å². The van der Waals surface area contributed by atoms with Crippen molar-refractivity contribution in [1.29, 1.82) is 0 Å². The van der Waals surface area contributed by atoms with Gasteiger partial charge in [-0.05, 0) is 23.1 Å². The van der Waals surface area contributed by atoms with E-state index in [-0.39, 0.29) is 5.88 Å². The number of aromatic nitrogens is 1. The topological polar surface area (TPSA) is 33.1 Å². The Morgan fingerprint density at radius 3 is 2.50 bits per heavy atom. The average Bonchev–Trinajstić information content (AvgIpc) is 2.29. The third-order valence-electron chi connectivity index (χ3n) is 2.86. The molecule has 2 nitrogen and oxygen atoms in total. The molecule has 1 aromatic heterocycles. The molecule has 0 aliphatic heterocycles. The number of nitrogens with zero attached hydrogens (tertiary/aromatic N) is 1. The van der Waals surface area contributed by atoms with E-state index in [1.165, 1.54) is 10.9 Å². The molecule has 0 radical (unpaired) electrons. The molecule has 2 aromatic carbocycles. The van der Waals surface area contributed by atoms with Gasteiger partial charge in [0, 0.05) is 17.6 Å². The number of hydrogen-bond donors (Lipinski definition) is 1. The van der Waals surface area contributed by atoms with Crippen LogP contribution in [-0.4, -0.2) is 10.1 Å². The molecule has 78 valence electrons. The van der Waals surface area contributed by atoms with Gasteiger partial charge in [-0.25, -0.2) is 4.98 Å². The Balaban J connectivity index is 2.55. The third-order valence-corrected chi connectivity index (χ3v) is 2.86. The maximum Gasteiger partial charge on any atom is 0.211 e. The third kappa shape index (κ3) is 1.31. The minimum Gasteiger partial charge on any atom is -0.493 e. The van der Waals surface area contributed by atoms with Crippen LogP contribution in [0.3, 0.4) is 0 Å². The maximum atomic E-state index is 9.45. The van der Waals surface area contributed by atoms with Crippen LogP contribution in [0, 0.1) is 6.92 Å². The molecule has 0 amide bonds. The van der Waals surface area contributed by atoms with E-state index in [9.17, 15) is 5.11 Å². The number of rotatable bonds is 0. The molecular formula is C14H11NO. The van der Waals surface area contributed by atoms with Crippen molar-refractivity contribution < 1.29 is 5.11 Å². The summed E-state index contributed by atoms with van der Waals surface area (Å²) < 4.78 is 0. The second-order valence-electron chi connectivity index (χ2n) is 4.05. The fraction of sp³-hybridized carbons (Fsp3) is 0.0714. The molecule has 0 saturated carbocycles. The standard InChI is InChI=1S/C14H11NO/c1-9-2-3-10-4-5-11-8-15-14(16)7-13(11)12(10)6-9/h2-8H,1H3,(H,15,16). The van der Waals surface area contributed by atoms with Crippen LogP contribution in [0.4, 0.5) is 0 Å². The highest BCUT2D eigenvalue weighted by Gasteiger charge is 2.02. The summed E-state index contributed by atoms with van der Waals surface area (Å²) in [6, 6.07) is 12.2. The first-order valence-electron chi connectivity index (χ1n) is 5.22.